The maximum Gasteiger partial charge on any atom is 0.0266 e. The molecule has 0 saturated heterocycles. The van der Waals surface area contributed by atoms with E-state index in [0.29, 0.717) is 5.41 Å². The lowest BCUT2D eigenvalue weighted by Crippen LogP contribution is -2.11. The minimum Gasteiger partial charge on any atom is -0.324 e. The number of rotatable bonds is 1. The predicted octanol–water partition coefficient (Wildman–Crippen LogP) is 6.21. The van der Waals surface area contributed by atoms with E-state index in [4.69, 9.17) is 5.73 Å². The van der Waals surface area contributed by atoms with Gasteiger partial charge in [-0.1, -0.05) is 83.1 Å². The van der Waals surface area contributed by atoms with E-state index < -0.39 is 0 Å². The summed E-state index contributed by atoms with van der Waals surface area (Å²) in [6.07, 6.45) is 3.93. The van der Waals surface area contributed by atoms with Gasteiger partial charge in [0.1, 0.15) is 0 Å². The fourth-order valence-corrected chi connectivity index (χ4v) is 2.79. The van der Waals surface area contributed by atoms with Crippen LogP contribution in [0.2, 0.25) is 0 Å². The molecular formula is C23H35N. The second-order valence-electron chi connectivity index (χ2n) is 7.29. The zero-order valence-electron chi connectivity index (χ0n) is 16.4. The van der Waals surface area contributed by atoms with Gasteiger partial charge in [-0.15, -0.1) is 0 Å². The van der Waals surface area contributed by atoms with Crippen molar-refractivity contribution < 1.29 is 0 Å². The highest BCUT2D eigenvalue weighted by Gasteiger charge is 2.17. The van der Waals surface area contributed by atoms with E-state index in [1.165, 1.54) is 30.4 Å². The maximum absolute atomic E-state index is 5.61. The molecule has 132 valence electrons. The van der Waals surface area contributed by atoms with Crippen LogP contribution in [0.1, 0.15) is 76.3 Å². The van der Waals surface area contributed by atoms with Gasteiger partial charge in [0.2, 0.25) is 0 Å². The van der Waals surface area contributed by atoms with Crippen LogP contribution in [0.15, 0.2) is 48.5 Å². The third-order valence-electron chi connectivity index (χ3n) is 4.29. The van der Waals surface area contributed by atoms with Crippen molar-refractivity contribution in [3.63, 3.8) is 0 Å². The zero-order valence-corrected chi connectivity index (χ0v) is 16.4. The first-order valence-electron chi connectivity index (χ1n) is 9.31. The third kappa shape index (κ3) is 6.13. The number of nitrogens with two attached hydrogens (primary N) is 1. The van der Waals surface area contributed by atoms with E-state index in [1.54, 1.807) is 11.1 Å². The second-order valence-corrected chi connectivity index (χ2v) is 7.29. The maximum atomic E-state index is 5.61. The number of aryl methyl sites for hydroxylation is 2. The SMILES string of the molecule is CC.CC(C)(C)c1ccc2c(c1)CCC2.C[C@@H](N)c1ccccc1. The number of fused-ring (bicyclic) bond motifs is 1. The summed E-state index contributed by atoms with van der Waals surface area (Å²) in [5.41, 5.74) is 11.8. The molecule has 1 nitrogen and oxygen atoms in total. The molecule has 0 radical (unpaired) electrons. The van der Waals surface area contributed by atoms with Crippen LogP contribution in [0.3, 0.4) is 0 Å². The molecule has 1 heteroatoms. The van der Waals surface area contributed by atoms with Crippen molar-refractivity contribution in [3.05, 3.63) is 70.8 Å². The Balaban J connectivity index is 0.000000230. The van der Waals surface area contributed by atoms with Crippen LogP contribution in [-0.4, -0.2) is 0 Å². The summed E-state index contributed by atoms with van der Waals surface area (Å²) in [6, 6.07) is 17.2. The highest BCUT2D eigenvalue weighted by molar-refractivity contribution is 5.37. The fraction of sp³-hybridized carbons (Fsp3) is 0.478. The highest BCUT2D eigenvalue weighted by Crippen LogP contribution is 2.28. The summed E-state index contributed by atoms with van der Waals surface area (Å²) >= 11 is 0. The minimum absolute atomic E-state index is 0.159. The fourth-order valence-electron chi connectivity index (χ4n) is 2.79. The summed E-state index contributed by atoms with van der Waals surface area (Å²) in [5.74, 6) is 0. The van der Waals surface area contributed by atoms with Crippen LogP contribution >= 0.6 is 0 Å². The molecule has 0 saturated carbocycles. The van der Waals surface area contributed by atoms with Crippen LogP contribution in [0.25, 0.3) is 0 Å². The normalized spacial score (nSPS) is 13.8. The first kappa shape index (κ1) is 20.4. The van der Waals surface area contributed by atoms with E-state index >= 15 is 0 Å². The molecule has 0 bridgehead atoms. The van der Waals surface area contributed by atoms with Gasteiger partial charge in [0, 0.05) is 6.04 Å². The molecule has 0 unspecified atom stereocenters. The zero-order chi connectivity index (χ0) is 18.2. The Morgan fingerprint density at radius 3 is 1.96 bits per heavy atom. The lowest BCUT2D eigenvalue weighted by Gasteiger charge is -2.19. The van der Waals surface area contributed by atoms with Crippen molar-refractivity contribution in [2.45, 2.75) is 72.3 Å². The lowest BCUT2D eigenvalue weighted by atomic mass is 9.85. The molecule has 2 aromatic rings. The standard InChI is InChI=1S/C13H18.C8H11N.C2H6/c1-13(2,3)12-8-7-10-5-4-6-11(10)9-12;1-7(9)8-5-3-2-4-6-8;1-2/h7-9H,4-6H2,1-3H3;2-7H,9H2,1H3;1-2H3/t;7-;/m.1./s1. The van der Waals surface area contributed by atoms with E-state index in [2.05, 4.69) is 39.0 Å². The minimum atomic E-state index is 0.159. The van der Waals surface area contributed by atoms with Gasteiger partial charge < -0.3 is 5.73 Å². The van der Waals surface area contributed by atoms with Crippen molar-refractivity contribution in [3.8, 4) is 0 Å². The molecule has 1 aliphatic carbocycles. The second kappa shape index (κ2) is 9.64. The number of hydrogen-bond donors (Lipinski definition) is 1. The summed E-state index contributed by atoms with van der Waals surface area (Å²) in [7, 11) is 0. The topological polar surface area (TPSA) is 26.0 Å². The molecule has 0 amide bonds. The van der Waals surface area contributed by atoms with Gasteiger partial charge in [0.25, 0.3) is 0 Å². The Morgan fingerprint density at radius 2 is 1.46 bits per heavy atom. The highest BCUT2D eigenvalue weighted by atomic mass is 14.6. The van der Waals surface area contributed by atoms with Gasteiger partial charge in [-0.3, -0.25) is 0 Å². The van der Waals surface area contributed by atoms with Crippen LogP contribution in [-0.2, 0) is 18.3 Å². The van der Waals surface area contributed by atoms with E-state index in [9.17, 15) is 0 Å². The summed E-state index contributed by atoms with van der Waals surface area (Å²) in [6.45, 7) is 12.8. The van der Waals surface area contributed by atoms with E-state index in [0.717, 1.165) is 0 Å². The van der Waals surface area contributed by atoms with Crippen molar-refractivity contribution >= 4 is 0 Å². The first-order chi connectivity index (χ1) is 11.4. The average molecular weight is 326 g/mol. The van der Waals surface area contributed by atoms with Gasteiger partial charge in [-0.2, -0.15) is 0 Å². The summed E-state index contributed by atoms with van der Waals surface area (Å²) in [5, 5.41) is 0. The molecule has 0 spiro atoms. The van der Waals surface area contributed by atoms with Gasteiger partial charge >= 0.3 is 0 Å². The van der Waals surface area contributed by atoms with Gasteiger partial charge in [0.05, 0.1) is 0 Å². The first-order valence-corrected chi connectivity index (χ1v) is 9.31. The Morgan fingerprint density at radius 1 is 0.875 bits per heavy atom. The summed E-state index contributed by atoms with van der Waals surface area (Å²) in [4.78, 5) is 0. The Labute approximate surface area is 149 Å². The smallest absolute Gasteiger partial charge is 0.0266 e. The van der Waals surface area contributed by atoms with E-state index in [1.807, 2.05) is 51.1 Å². The lowest BCUT2D eigenvalue weighted by molar-refractivity contribution is 0.589. The molecule has 2 aromatic carbocycles. The Bertz CT molecular complexity index is 591. The van der Waals surface area contributed by atoms with Gasteiger partial charge in [0.15, 0.2) is 0 Å². The molecule has 1 aliphatic rings. The van der Waals surface area contributed by atoms with Crippen LogP contribution in [0.4, 0.5) is 0 Å². The molecule has 0 heterocycles. The van der Waals surface area contributed by atoms with Crippen LogP contribution < -0.4 is 5.73 Å². The molecule has 2 N–H and O–H groups in total. The Hall–Kier alpha value is -1.60. The summed E-state index contributed by atoms with van der Waals surface area (Å²) < 4.78 is 0. The Kier molecular flexibility index (Phi) is 8.21. The molecule has 24 heavy (non-hydrogen) atoms. The van der Waals surface area contributed by atoms with Crippen molar-refractivity contribution in [1.82, 2.24) is 0 Å². The molecule has 1 atom stereocenters. The molecule has 0 aliphatic heterocycles. The van der Waals surface area contributed by atoms with Crippen molar-refractivity contribution in [1.29, 1.82) is 0 Å². The van der Waals surface area contributed by atoms with Crippen LogP contribution in [0, 0.1) is 0 Å². The molecule has 3 rings (SSSR count). The van der Waals surface area contributed by atoms with Gasteiger partial charge in [-0.05, 0) is 53.9 Å². The van der Waals surface area contributed by atoms with Crippen molar-refractivity contribution in [2.24, 2.45) is 5.73 Å². The third-order valence-corrected chi connectivity index (χ3v) is 4.29. The monoisotopic (exact) mass is 325 g/mol. The molecule has 0 fully saturated rings. The average Bonchev–Trinajstić information content (AvgIpc) is 3.05. The van der Waals surface area contributed by atoms with Gasteiger partial charge in [-0.25, -0.2) is 0 Å². The predicted molar refractivity (Wildman–Crippen MR) is 108 cm³/mol. The van der Waals surface area contributed by atoms with Crippen LogP contribution in [0.5, 0.6) is 0 Å². The largest absolute Gasteiger partial charge is 0.324 e. The quantitative estimate of drug-likeness (QED) is 0.663. The molecule has 0 aromatic heterocycles. The molecular weight excluding hydrogens is 290 g/mol. The number of benzene rings is 2. The number of hydrogen-bond acceptors (Lipinski definition) is 1. The van der Waals surface area contributed by atoms with E-state index in [-0.39, 0.29) is 6.04 Å². The van der Waals surface area contributed by atoms with Crippen molar-refractivity contribution in [2.75, 3.05) is 0 Å².